The molecule has 9 nitrogen and oxygen atoms in total. The van der Waals surface area contributed by atoms with Crippen LogP contribution in [0.15, 0.2) is 134 Å². The fraction of sp³-hybridized carbons (Fsp3) is 0.510. The minimum Gasteiger partial charge on any atom is -0.462 e. The highest BCUT2D eigenvalue weighted by atomic mass is 31.2. The van der Waals surface area contributed by atoms with Crippen LogP contribution < -0.4 is 5.73 Å². The number of esters is 2. The quantitative estimate of drug-likeness (QED) is 0.0270. The lowest BCUT2D eigenvalue weighted by atomic mass is 10.1. The Morgan fingerprint density at radius 3 is 1.34 bits per heavy atom. The fourth-order valence-electron chi connectivity index (χ4n) is 4.92. The molecule has 59 heavy (non-hydrogen) atoms. The molecular weight excluding hydrogens is 762 g/mol. The van der Waals surface area contributed by atoms with Crippen molar-refractivity contribution in [3.8, 4) is 0 Å². The second-order valence-corrected chi connectivity index (χ2v) is 14.9. The van der Waals surface area contributed by atoms with E-state index in [1.54, 1.807) is 0 Å². The van der Waals surface area contributed by atoms with Gasteiger partial charge in [0.05, 0.1) is 13.2 Å². The summed E-state index contributed by atoms with van der Waals surface area (Å²) in [5.74, 6) is -0.979. The molecule has 0 aliphatic rings. The predicted octanol–water partition coefficient (Wildman–Crippen LogP) is 12.7. The van der Waals surface area contributed by atoms with Crippen molar-refractivity contribution < 1.29 is 37.6 Å². The normalized spacial score (nSPS) is 14.6. The zero-order valence-corrected chi connectivity index (χ0v) is 37.1. The summed E-state index contributed by atoms with van der Waals surface area (Å²) in [5, 5.41) is 0. The largest absolute Gasteiger partial charge is 0.472 e. The van der Waals surface area contributed by atoms with Crippen molar-refractivity contribution in [2.45, 2.75) is 136 Å². The van der Waals surface area contributed by atoms with Crippen LogP contribution in [0.25, 0.3) is 0 Å². The van der Waals surface area contributed by atoms with Crippen molar-refractivity contribution in [2.24, 2.45) is 5.73 Å². The Hall–Kier alpha value is -3.85. The molecule has 0 saturated carbocycles. The summed E-state index contributed by atoms with van der Waals surface area (Å²) >= 11 is 0. The highest BCUT2D eigenvalue weighted by Gasteiger charge is 2.25. The Balaban J connectivity index is 4.32. The monoisotopic (exact) mass is 838 g/mol. The molecule has 0 heterocycles. The number of carbonyl (C=O) groups is 2. The van der Waals surface area contributed by atoms with E-state index in [4.69, 9.17) is 24.3 Å². The van der Waals surface area contributed by atoms with Gasteiger partial charge in [0.2, 0.25) is 0 Å². The van der Waals surface area contributed by atoms with Crippen LogP contribution in [0.4, 0.5) is 0 Å². The maximum absolute atomic E-state index is 12.6. The molecule has 0 spiro atoms. The van der Waals surface area contributed by atoms with E-state index >= 15 is 0 Å². The summed E-state index contributed by atoms with van der Waals surface area (Å²) in [5.41, 5.74) is 5.34. The molecule has 0 fully saturated rings. The van der Waals surface area contributed by atoms with Gasteiger partial charge in [-0.15, -0.1) is 0 Å². The number of carbonyl (C=O) groups excluding carboxylic acids is 2. The molecule has 0 aromatic carbocycles. The number of hydrogen-bond acceptors (Lipinski definition) is 8. The smallest absolute Gasteiger partial charge is 0.462 e. The van der Waals surface area contributed by atoms with E-state index in [0.717, 1.165) is 89.9 Å². The molecule has 10 heteroatoms. The van der Waals surface area contributed by atoms with Crippen molar-refractivity contribution in [3.63, 3.8) is 0 Å². The van der Waals surface area contributed by atoms with Crippen molar-refractivity contribution in [2.75, 3.05) is 26.4 Å². The van der Waals surface area contributed by atoms with Crippen molar-refractivity contribution in [1.82, 2.24) is 0 Å². The van der Waals surface area contributed by atoms with E-state index in [1.807, 2.05) is 12.2 Å². The van der Waals surface area contributed by atoms with Gasteiger partial charge in [-0.3, -0.25) is 18.6 Å². The lowest BCUT2D eigenvalue weighted by molar-refractivity contribution is -0.161. The van der Waals surface area contributed by atoms with E-state index in [0.29, 0.717) is 12.8 Å². The number of unbranched alkanes of at least 4 members (excludes halogenated alkanes) is 3. The number of phosphoric acid groups is 1. The fourth-order valence-corrected chi connectivity index (χ4v) is 5.68. The van der Waals surface area contributed by atoms with Crippen LogP contribution in [-0.2, 0) is 32.7 Å². The lowest BCUT2D eigenvalue weighted by Gasteiger charge is -2.19. The predicted molar refractivity (Wildman–Crippen MR) is 247 cm³/mol. The molecule has 0 radical (unpaired) electrons. The molecule has 0 bridgehead atoms. The molecule has 2 atom stereocenters. The molecule has 0 rings (SSSR count). The first-order valence-electron chi connectivity index (χ1n) is 21.7. The van der Waals surface area contributed by atoms with Gasteiger partial charge in [-0.25, -0.2) is 4.57 Å². The maximum atomic E-state index is 12.6. The minimum atomic E-state index is -4.41. The molecule has 0 aromatic rings. The standard InChI is InChI=1S/C49H76NO8P/c1-3-5-7-9-11-13-15-17-18-19-20-21-22-23-24-25-26-27-28-30-32-34-36-38-40-42-49(52)58-47(46-57-59(53,54)56-44-43-50)45-55-48(51)41-39-37-35-33-31-29-16-14-12-10-8-6-4-2/h5-8,11-14,17-18,20-21,23-24,26-27,29-32,35,37,47H,3-4,9-10,15-16,19,22,25,28,33-34,36,38-46,50H2,1-2H3,(H,53,54)/b7-5-,8-6-,13-11-,14-12-,18-17-,21-20-,24-23-,27-26-,31-29-,32-30-,37-35-. The molecule has 0 aromatic heterocycles. The van der Waals surface area contributed by atoms with E-state index in [2.05, 4.69) is 135 Å². The average molecular weight is 838 g/mol. The van der Waals surface area contributed by atoms with E-state index < -0.39 is 32.5 Å². The Morgan fingerprint density at radius 1 is 0.508 bits per heavy atom. The van der Waals surface area contributed by atoms with Crippen LogP contribution in [0, 0.1) is 0 Å². The van der Waals surface area contributed by atoms with Gasteiger partial charge in [0.25, 0.3) is 0 Å². The summed E-state index contributed by atoms with van der Waals surface area (Å²) < 4.78 is 32.6. The number of ether oxygens (including phenoxy) is 2. The molecular formula is C49H76NO8P. The highest BCUT2D eigenvalue weighted by Crippen LogP contribution is 2.43. The third kappa shape index (κ3) is 43.6. The molecule has 2 unspecified atom stereocenters. The van der Waals surface area contributed by atoms with Gasteiger partial charge in [-0.2, -0.15) is 0 Å². The van der Waals surface area contributed by atoms with Gasteiger partial charge < -0.3 is 20.1 Å². The van der Waals surface area contributed by atoms with Gasteiger partial charge in [0.15, 0.2) is 6.10 Å². The van der Waals surface area contributed by atoms with Crippen LogP contribution in [-0.4, -0.2) is 49.3 Å². The molecule has 0 aliphatic carbocycles. The van der Waals surface area contributed by atoms with Crippen LogP contribution in [0.1, 0.15) is 129 Å². The van der Waals surface area contributed by atoms with Gasteiger partial charge in [-0.1, -0.05) is 154 Å². The van der Waals surface area contributed by atoms with Crippen molar-refractivity contribution in [3.05, 3.63) is 134 Å². The van der Waals surface area contributed by atoms with E-state index in [-0.39, 0.29) is 32.6 Å². The third-order valence-electron chi connectivity index (χ3n) is 8.05. The summed E-state index contributed by atoms with van der Waals surface area (Å²) in [6.07, 6.45) is 60.8. The summed E-state index contributed by atoms with van der Waals surface area (Å²) in [7, 11) is -4.41. The van der Waals surface area contributed by atoms with Gasteiger partial charge in [0.1, 0.15) is 6.61 Å². The van der Waals surface area contributed by atoms with Crippen molar-refractivity contribution in [1.29, 1.82) is 0 Å². The third-order valence-corrected chi connectivity index (χ3v) is 9.03. The van der Waals surface area contributed by atoms with Crippen LogP contribution in [0.2, 0.25) is 0 Å². The summed E-state index contributed by atoms with van der Waals surface area (Å²) in [6, 6.07) is 0. The molecule has 0 aliphatic heterocycles. The lowest BCUT2D eigenvalue weighted by Crippen LogP contribution is -2.29. The molecule has 330 valence electrons. The molecule has 0 amide bonds. The number of nitrogens with two attached hydrogens (primary N) is 1. The molecule has 0 saturated heterocycles. The number of rotatable bonds is 38. The first-order valence-corrected chi connectivity index (χ1v) is 23.2. The van der Waals surface area contributed by atoms with Crippen LogP contribution in [0.3, 0.4) is 0 Å². The van der Waals surface area contributed by atoms with Crippen LogP contribution in [0.5, 0.6) is 0 Å². The van der Waals surface area contributed by atoms with Crippen LogP contribution >= 0.6 is 7.82 Å². The Labute approximate surface area is 357 Å². The molecule has 3 N–H and O–H groups in total. The zero-order valence-electron chi connectivity index (χ0n) is 36.2. The average Bonchev–Trinajstić information content (AvgIpc) is 3.22. The first-order chi connectivity index (χ1) is 28.8. The summed E-state index contributed by atoms with van der Waals surface area (Å²) in [4.78, 5) is 34.8. The number of allylic oxidation sites excluding steroid dienone is 22. The zero-order chi connectivity index (χ0) is 43.2. The Bertz CT molecular complexity index is 1420. The Kier molecular flexibility index (Phi) is 40.9. The summed E-state index contributed by atoms with van der Waals surface area (Å²) in [6.45, 7) is 3.33. The SMILES string of the molecule is CC/C=C\C/C=C\C/C=C\C/C=C\C/C=C\C/C=C\C/C=C\CCCCCC(=O)OC(COC(=O)CC/C=C\C/C=C\C/C=C\C/C=C\CC)COP(=O)(O)OCCN. The second kappa shape index (κ2) is 43.7. The maximum Gasteiger partial charge on any atom is 0.472 e. The van der Waals surface area contributed by atoms with E-state index in [1.165, 1.54) is 0 Å². The number of hydrogen-bond donors (Lipinski definition) is 2. The van der Waals surface area contributed by atoms with Crippen molar-refractivity contribution >= 4 is 19.8 Å². The highest BCUT2D eigenvalue weighted by molar-refractivity contribution is 7.47. The van der Waals surface area contributed by atoms with E-state index in [9.17, 15) is 19.0 Å². The Morgan fingerprint density at radius 2 is 0.915 bits per heavy atom. The second-order valence-electron chi connectivity index (χ2n) is 13.4. The topological polar surface area (TPSA) is 134 Å². The van der Waals surface area contributed by atoms with Gasteiger partial charge in [-0.05, 0) is 96.3 Å². The van der Waals surface area contributed by atoms with Gasteiger partial charge >= 0.3 is 19.8 Å². The van der Waals surface area contributed by atoms with Gasteiger partial charge in [0, 0.05) is 19.4 Å². The first kappa shape index (κ1) is 55.2. The minimum absolute atomic E-state index is 0.0302. The number of phosphoric ester groups is 1.